The quantitative estimate of drug-likeness (QED) is 0.0911. The summed E-state index contributed by atoms with van der Waals surface area (Å²) >= 11 is 0. The molecule has 3 aromatic rings. The van der Waals surface area contributed by atoms with Crippen LogP contribution in [0.3, 0.4) is 0 Å². The second-order valence-corrected chi connectivity index (χ2v) is 19.3. The molecule has 0 radical (unpaired) electrons. The smallest absolute Gasteiger partial charge is 1.00 e. The maximum Gasteiger partial charge on any atom is 2.00 e. The minimum atomic E-state index is -0.722. The number of nitrogens with one attached hydrogen (secondary N) is 1. The fourth-order valence-electron chi connectivity index (χ4n) is 8.91. The van der Waals surface area contributed by atoms with Crippen molar-refractivity contribution in [3.63, 3.8) is 0 Å². The molecule has 410 valence electrons. The molecule has 0 aliphatic carbocycles. The third kappa shape index (κ3) is 19.0. The van der Waals surface area contributed by atoms with Crippen LogP contribution in [0, 0.1) is 0 Å². The van der Waals surface area contributed by atoms with Gasteiger partial charge in [-0.15, -0.1) is 12.7 Å². The minimum absolute atomic E-state index is 0. The van der Waals surface area contributed by atoms with Crippen molar-refractivity contribution in [2.75, 3.05) is 58.0 Å². The Hall–Kier alpha value is -2.25. The van der Waals surface area contributed by atoms with Gasteiger partial charge in [0.15, 0.2) is 35.7 Å². The number of ether oxygens (including phenoxy) is 11. The normalized spacial score (nSPS) is 30.8. The van der Waals surface area contributed by atoms with E-state index in [0.29, 0.717) is 13.2 Å². The monoisotopic (exact) mass is 1100 g/mol. The first-order valence-electron chi connectivity index (χ1n) is 23.8. The van der Waals surface area contributed by atoms with Crippen molar-refractivity contribution in [3.8, 4) is 0 Å². The van der Waals surface area contributed by atoms with Crippen molar-refractivity contribution in [3.05, 3.63) is 96.3 Å². The van der Waals surface area contributed by atoms with E-state index in [9.17, 15) is 0 Å². The zero-order chi connectivity index (χ0) is 48.5. The van der Waals surface area contributed by atoms with Gasteiger partial charge in [0.05, 0.1) is 11.8 Å². The van der Waals surface area contributed by atoms with Crippen molar-refractivity contribution in [1.82, 2.24) is 0 Å². The summed E-state index contributed by atoms with van der Waals surface area (Å²) in [6, 6.07) is 29.8. The summed E-state index contributed by atoms with van der Waals surface area (Å²) in [4.78, 5) is 16.7. The largest absolute Gasteiger partial charge is 2.00 e. The van der Waals surface area contributed by atoms with Crippen LogP contribution in [0.15, 0.2) is 91.0 Å². The molecular weight excluding hydrogens is 1020 g/mol. The summed E-state index contributed by atoms with van der Waals surface area (Å²) in [5.74, 6) is -2.85. The minimum Gasteiger partial charge on any atom is -1.00 e. The summed E-state index contributed by atoms with van der Waals surface area (Å²) in [7, 11) is 5.57. The molecule has 10 rings (SSSR count). The van der Waals surface area contributed by atoms with Gasteiger partial charge in [-0.25, -0.2) is 9.78 Å². The summed E-state index contributed by atoms with van der Waals surface area (Å²) in [5.41, 5.74) is 3.16. The Balaban J connectivity index is 0.000000365. The van der Waals surface area contributed by atoms with Gasteiger partial charge in [-0.2, -0.15) is 0 Å². The number of benzene rings is 3. The van der Waals surface area contributed by atoms with E-state index in [1.54, 1.807) is 12.1 Å². The molecule has 7 heterocycles. The van der Waals surface area contributed by atoms with Crippen molar-refractivity contribution in [2.45, 2.75) is 188 Å². The molecule has 19 heteroatoms. The van der Waals surface area contributed by atoms with E-state index in [1.165, 1.54) is 6.42 Å². The van der Waals surface area contributed by atoms with Gasteiger partial charge in [-0.3, -0.25) is 9.90 Å². The molecule has 73 heavy (non-hydrogen) atoms. The van der Waals surface area contributed by atoms with E-state index in [-0.39, 0.29) is 124 Å². The second kappa shape index (κ2) is 30.0. The maximum absolute atomic E-state index is 6.14. The fourth-order valence-corrected chi connectivity index (χ4v) is 8.91. The Labute approximate surface area is 463 Å². The van der Waals surface area contributed by atoms with E-state index in [4.69, 9.17) is 66.7 Å². The van der Waals surface area contributed by atoms with Gasteiger partial charge in [0.25, 0.3) is 0 Å². The first kappa shape index (κ1) is 66.9. The molecule has 5 unspecified atom stereocenters. The molecule has 0 spiro atoms. The molecule has 0 amide bonds. The van der Waals surface area contributed by atoms with Crippen LogP contribution in [-0.4, -0.2) is 161 Å². The summed E-state index contributed by atoms with van der Waals surface area (Å²) < 4.78 is 65.9. The Bertz CT molecular complexity index is 1920. The average Bonchev–Trinajstić information content (AvgIpc) is 4.05. The van der Waals surface area contributed by atoms with Crippen LogP contribution in [0.5, 0.6) is 0 Å². The molecule has 0 aromatic heterocycles. The number of hydrogen-bond acceptors (Lipinski definition) is 16. The van der Waals surface area contributed by atoms with E-state index >= 15 is 0 Å². The van der Waals surface area contributed by atoms with Crippen LogP contribution in [0.25, 0.3) is 5.32 Å². The average molecular weight is 1110 g/mol. The topological polar surface area (TPSA) is 159 Å². The number of hydroxylamine groups is 1. The first-order chi connectivity index (χ1) is 32.4. The Kier molecular flexibility index (Phi) is 27.5. The molecular formula is C54H86BrMgN3O14. The third-order valence-corrected chi connectivity index (χ3v) is 12.0. The third-order valence-electron chi connectivity index (χ3n) is 12.0. The predicted molar refractivity (Wildman–Crippen MR) is 279 cm³/mol. The Morgan fingerprint density at radius 3 is 1.42 bits per heavy atom. The second-order valence-electron chi connectivity index (χ2n) is 19.3. The van der Waals surface area contributed by atoms with Crippen LogP contribution in [-0.2, 0) is 66.7 Å². The van der Waals surface area contributed by atoms with Crippen LogP contribution >= 0.6 is 0 Å². The number of fused-ring (bicyclic) bond motifs is 6. The van der Waals surface area contributed by atoms with Gasteiger partial charge < -0.3 is 79.7 Å². The van der Waals surface area contributed by atoms with Crippen LogP contribution in [0.2, 0.25) is 0 Å². The number of hydrogen-bond donors (Lipinski definition) is 1. The predicted octanol–water partition coefficient (Wildman–Crippen LogP) is 6.93. The van der Waals surface area contributed by atoms with E-state index in [0.717, 1.165) is 36.5 Å². The first-order valence-corrected chi connectivity index (χ1v) is 23.8. The zero-order valence-corrected chi connectivity index (χ0v) is 45.7. The molecule has 3 aromatic carbocycles. The summed E-state index contributed by atoms with van der Waals surface area (Å²) in [6.45, 7) is 16.8. The summed E-state index contributed by atoms with van der Waals surface area (Å²) in [6.07, 6.45) is -0.103. The zero-order valence-electron chi connectivity index (χ0n) is 42.7. The van der Waals surface area contributed by atoms with Gasteiger partial charge in [0.1, 0.15) is 68.7 Å². The van der Waals surface area contributed by atoms with Gasteiger partial charge in [-0.05, 0) is 98.9 Å². The fraction of sp³-hybridized carbons (Fsp3) is 0.667. The molecule has 17 nitrogen and oxygen atoms in total. The van der Waals surface area contributed by atoms with E-state index < -0.39 is 35.7 Å². The van der Waals surface area contributed by atoms with Gasteiger partial charge in [0.2, 0.25) is 0 Å². The molecule has 0 bridgehead atoms. The van der Waals surface area contributed by atoms with Crippen LogP contribution in [0.4, 0.5) is 17.1 Å². The number of para-hydroxylation sites is 3. The van der Waals surface area contributed by atoms with Crippen molar-refractivity contribution >= 4 is 40.1 Å². The molecule has 7 fully saturated rings. The van der Waals surface area contributed by atoms with Crippen molar-refractivity contribution < 1.29 is 83.7 Å². The molecule has 1 N–H and O–H groups in total. The molecule has 0 saturated carbocycles. The SMILES string of the molecule is C.C.C.CC1(C)OC2OC(COOCC3CCCCO3)[C@@H]3OC(C)(C)O[C@@H]3[C@@H]2O1.CN(OCC1OC2OC(C)(C)O[C@H]2[C@H]2OC(C)(C)O[C@@H]12)c1ccccc1.CNc1ccccc1.C[N-]c1ccccc1.[Br-].[Mg+2]. The number of nitrogens with zero attached hydrogens (tertiary/aromatic N) is 2. The van der Waals surface area contributed by atoms with Crippen LogP contribution in [0.1, 0.15) is 96.9 Å². The van der Waals surface area contributed by atoms with Crippen molar-refractivity contribution in [2.24, 2.45) is 0 Å². The molecule has 11 atom stereocenters. The standard InChI is InChI=1S/C19H27NO6.C18H30O8.C7H9N.C7H8N.3CH4.BrH.Mg/c1-18(2)23-14-13(11-21-20(5)12-9-7-6-8-10-12)22-17-16(15(14)24-18)25-19(3,4)26-17;1-17(2)23-13-12(10-21-20-9-11-7-5-6-8-19-11)22-16-15(14(13)24-17)25-18(3,4)26-16;2*1-8-7-5-3-2-4-6-7;;;;;/h6-10,13-17H,11H2,1-5H3;11-16H,5-10H2,1-4H3;2-6,8H,1H3;2-6H,1H3;3*1H4;1H;/q;;;-1;;;;;+2/p-1/t13?,14-,15-,16-,17?;11?,12?,13-,14-,15-,16?;;;;;;;/m00......./s1. The number of anilines is 2. The summed E-state index contributed by atoms with van der Waals surface area (Å²) in [5, 5.41) is 8.72. The van der Waals surface area contributed by atoms with Gasteiger partial charge in [-0.1, -0.05) is 89.0 Å². The number of rotatable bonds is 11. The van der Waals surface area contributed by atoms with E-state index in [2.05, 4.69) is 10.6 Å². The van der Waals surface area contributed by atoms with Gasteiger partial charge in [0, 0.05) is 26.4 Å². The van der Waals surface area contributed by atoms with Gasteiger partial charge >= 0.3 is 23.1 Å². The number of halogens is 1. The molecule has 7 aliphatic heterocycles. The van der Waals surface area contributed by atoms with Crippen molar-refractivity contribution in [1.29, 1.82) is 0 Å². The Morgan fingerprint density at radius 1 is 0.562 bits per heavy atom. The maximum atomic E-state index is 6.14. The molecule has 7 aliphatic rings. The van der Waals surface area contributed by atoms with Crippen LogP contribution < -0.4 is 27.4 Å². The Morgan fingerprint density at radius 2 is 0.986 bits per heavy atom. The van der Waals surface area contributed by atoms with E-state index in [1.807, 2.05) is 160 Å². The molecule has 7 saturated heterocycles.